The third kappa shape index (κ3) is 7.03. The molecule has 0 amide bonds. The van der Waals surface area contributed by atoms with Crippen LogP contribution in [0.2, 0.25) is 0 Å². The highest BCUT2D eigenvalue weighted by atomic mass is 16.5. The molecule has 2 aromatic carbocycles. The Kier molecular flexibility index (Phi) is 7.96. The largest absolute Gasteiger partial charge is 0.494 e. The van der Waals surface area contributed by atoms with Crippen LogP contribution in [0.4, 0.5) is 0 Å². The van der Waals surface area contributed by atoms with Gasteiger partial charge in [-0.1, -0.05) is 49.2 Å². The number of ether oxygens (including phenoxy) is 1. The van der Waals surface area contributed by atoms with Gasteiger partial charge in [-0.05, 0) is 73.9 Å². The van der Waals surface area contributed by atoms with Crippen molar-refractivity contribution in [2.75, 3.05) is 6.61 Å². The molecule has 2 aromatic rings. The third-order valence-electron chi connectivity index (χ3n) is 3.62. The fourth-order valence-corrected chi connectivity index (χ4v) is 2.27. The molecule has 0 saturated heterocycles. The number of unbranched alkanes of at least 4 members (excludes halogenated alkanes) is 1. The summed E-state index contributed by atoms with van der Waals surface area (Å²) < 4.78 is 5.41. The van der Waals surface area contributed by atoms with Crippen LogP contribution in [-0.4, -0.2) is 6.61 Å². The lowest BCUT2D eigenvalue weighted by Crippen LogP contribution is -1.90. The smallest absolute Gasteiger partial charge is 0.119 e. The Morgan fingerprint density at radius 3 is 1.88 bits per heavy atom. The van der Waals surface area contributed by atoms with E-state index in [1.54, 1.807) is 12.2 Å². The lowest BCUT2D eigenvalue weighted by atomic mass is 10.1. The molecule has 126 valence electrons. The van der Waals surface area contributed by atoms with Gasteiger partial charge in [0.15, 0.2) is 0 Å². The SMILES string of the molecule is CCCCc1ccc(C#CC=CC#Cc2ccc(OCC)cc2)cc1. The normalized spacial score (nSPS) is 9.84. The summed E-state index contributed by atoms with van der Waals surface area (Å²) in [7, 11) is 0. The maximum atomic E-state index is 5.41. The maximum Gasteiger partial charge on any atom is 0.119 e. The Morgan fingerprint density at radius 2 is 1.36 bits per heavy atom. The van der Waals surface area contributed by atoms with Crippen molar-refractivity contribution < 1.29 is 4.74 Å². The molecule has 1 nitrogen and oxygen atoms in total. The molecular formula is C24H24O. The van der Waals surface area contributed by atoms with Gasteiger partial charge in [0.25, 0.3) is 0 Å². The first-order valence-corrected chi connectivity index (χ1v) is 8.81. The van der Waals surface area contributed by atoms with Gasteiger partial charge < -0.3 is 4.74 Å². The van der Waals surface area contributed by atoms with E-state index in [4.69, 9.17) is 4.74 Å². The summed E-state index contributed by atoms with van der Waals surface area (Å²) in [6.07, 6.45) is 7.17. The molecule has 0 aliphatic rings. The van der Waals surface area contributed by atoms with Crippen molar-refractivity contribution in [3.8, 4) is 29.4 Å². The minimum atomic E-state index is 0.675. The molecule has 0 fully saturated rings. The Morgan fingerprint density at radius 1 is 0.800 bits per heavy atom. The van der Waals surface area contributed by atoms with Crippen molar-refractivity contribution in [2.24, 2.45) is 0 Å². The molecule has 2 rings (SSSR count). The van der Waals surface area contributed by atoms with Crippen LogP contribution in [0.1, 0.15) is 43.4 Å². The average Bonchev–Trinajstić information content (AvgIpc) is 2.65. The summed E-state index contributed by atoms with van der Waals surface area (Å²) in [6, 6.07) is 16.3. The number of aryl methyl sites for hydroxylation is 1. The molecule has 0 bridgehead atoms. The predicted molar refractivity (Wildman–Crippen MR) is 106 cm³/mol. The van der Waals surface area contributed by atoms with Crippen molar-refractivity contribution >= 4 is 0 Å². The second kappa shape index (κ2) is 10.8. The van der Waals surface area contributed by atoms with Gasteiger partial charge in [-0.25, -0.2) is 0 Å². The van der Waals surface area contributed by atoms with E-state index in [1.165, 1.54) is 18.4 Å². The van der Waals surface area contributed by atoms with Gasteiger partial charge >= 0.3 is 0 Å². The van der Waals surface area contributed by atoms with Gasteiger partial charge in [-0.2, -0.15) is 0 Å². The summed E-state index contributed by atoms with van der Waals surface area (Å²) in [5.74, 6) is 13.1. The first-order chi connectivity index (χ1) is 12.3. The molecule has 0 spiro atoms. The molecule has 0 aromatic heterocycles. The number of allylic oxidation sites excluding steroid dienone is 2. The van der Waals surface area contributed by atoms with Gasteiger partial charge in [0.1, 0.15) is 5.75 Å². The van der Waals surface area contributed by atoms with Crippen molar-refractivity contribution in [1.29, 1.82) is 0 Å². The molecule has 0 aliphatic carbocycles. The van der Waals surface area contributed by atoms with Crippen molar-refractivity contribution in [3.63, 3.8) is 0 Å². The molecule has 0 heterocycles. The molecule has 0 N–H and O–H groups in total. The molecule has 25 heavy (non-hydrogen) atoms. The zero-order valence-electron chi connectivity index (χ0n) is 15.0. The van der Waals surface area contributed by atoms with E-state index in [2.05, 4.69) is 54.9 Å². The fourth-order valence-electron chi connectivity index (χ4n) is 2.27. The Bertz CT molecular complexity index is 788. The lowest BCUT2D eigenvalue weighted by Gasteiger charge is -2.01. The monoisotopic (exact) mass is 328 g/mol. The van der Waals surface area contributed by atoms with Crippen molar-refractivity contribution in [3.05, 3.63) is 77.4 Å². The summed E-state index contributed by atoms with van der Waals surface area (Å²) in [5.41, 5.74) is 3.37. The van der Waals surface area contributed by atoms with Crippen LogP contribution in [0.5, 0.6) is 5.75 Å². The molecular weight excluding hydrogens is 304 g/mol. The van der Waals surface area contributed by atoms with Crippen LogP contribution in [-0.2, 0) is 6.42 Å². The molecule has 0 radical (unpaired) electrons. The molecule has 0 saturated carbocycles. The second-order valence-electron chi connectivity index (χ2n) is 5.63. The van der Waals surface area contributed by atoms with Gasteiger partial charge in [0, 0.05) is 11.1 Å². The van der Waals surface area contributed by atoms with Gasteiger partial charge in [-0.15, -0.1) is 0 Å². The number of hydrogen-bond acceptors (Lipinski definition) is 1. The summed E-state index contributed by atoms with van der Waals surface area (Å²) >= 11 is 0. The Hall–Kier alpha value is -2.90. The topological polar surface area (TPSA) is 9.23 Å². The predicted octanol–water partition coefficient (Wildman–Crippen LogP) is 5.39. The first-order valence-electron chi connectivity index (χ1n) is 8.81. The van der Waals surface area contributed by atoms with Crippen LogP contribution in [0.25, 0.3) is 0 Å². The van der Waals surface area contributed by atoms with E-state index < -0.39 is 0 Å². The van der Waals surface area contributed by atoms with Gasteiger partial charge in [0.05, 0.1) is 6.61 Å². The van der Waals surface area contributed by atoms with Gasteiger partial charge in [0.2, 0.25) is 0 Å². The van der Waals surface area contributed by atoms with E-state index in [-0.39, 0.29) is 0 Å². The highest BCUT2D eigenvalue weighted by Crippen LogP contribution is 2.11. The van der Waals surface area contributed by atoms with E-state index in [1.807, 2.05) is 31.2 Å². The number of hydrogen-bond donors (Lipinski definition) is 0. The van der Waals surface area contributed by atoms with Crippen LogP contribution < -0.4 is 4.74 Å². The van der Waals surface area contributed by atoms with Crippen LogP contribution in [0, 0.1) is 23.7 Å². The Labute approximate surface area is 151 Å². The molecule has 1 heteroatoms. The molecule has 0 aliphatic heterocycles. The highest BCUT2D eigenvalue weighted by Gasteiger charge is 1.92. The molecule has 0 atom stereocenters. The first kappa shape index (κ1) is 18.4. The van der Waals surface area contributed by atoms with Crippen LogP contribution in [0.15, 0.2) is 60.7 Å². The van der Waals surface area contributed by atoms with Gasteiger partial charge in [-0.3, -0.25) is 0 Å². The van der Waals surface area contributed by atoms with E-state index >= 15 is 0 Å². The van der Waals surface area contributed by atoms with Crippen molar-refractivity contribution in [1.82, 2.24) is 0 Å². The number of benzene rings is 2. The van der Waals surface area contributed by atoms with Crippen LogP contribution >= 0.6 is 0 Å². The minimum Gasteiger partial charge on any atom is -0.494 e. The lowest BCUT2D eigenvalue weighted by molar-refractivity contribution is 0.340. The maximum absolute atomic E-state index is 5.41. The third-order valence-corrected chi connectivity index (χ3v) is 3.62. The van der Waals surface area contributed by atoms with E-state index in [9.17, 15) is 0 Å². The van der Waals surface area contributed by atoms with E-state index in [0.29, 0.717) is 6.61 Å². The summed E-state index contributed by atoms with van der Waals surface area (Å²) in [4.78, 5) is 0. The zero-order chi connectivity index (χ0) is 17.7. The Balaban J connectivity index is 1.86. The minimum absolute atomic E-state index is 0.675. The fraction of sp³-hybridized carbons (Fsp3) is 0.250. The summed E-state index contributed by atoms with van der Waals surface area (Å²) in [6.45, 7) is 4.86. The molecule has 0 unspecified atom stereocenters. The standard InChI is InChI=1S/C24H24O/c1-3-5-10-21-13-15-22(16-14-21)11-8-6-7-9-12-23-17-19-24(20-18-23)25-4-2/h6-7,13-20H,3-5,10H2,1-2H3. The van der Waals surface area contributed by atoms with Crippen molar-refractivity contribution in [2.45, 2.75) is 33.1 Å². The van der Waals surface area contributed by atoms with E-state index in [0.717, 1.165) is 23.3 Å². The highest BCUT2D eigenvalue weighted by molar-refractivity contribution is 5.42. The quantitative estimate of drug-likeness (QED) is 0.669. The number of rotatable bonds is 5. The second-order valence-corrected chi connectivity index (χ2v) is 5.63. The van der Waals surface area contributed by atoms with Crippen LogP contribution in [0.3, 0.4) is 0 Å². The average molecular weight is 328 g/mol. The summed E-state index contributed by atoms with van der Waals surface area (Å²) in [5, 5.41) is 0. The zero-order valence-corrected chi connectivity index (χ0v) is 15.0.